The van der Waals surface area contributed by atoms with Crippen molar-refractivity contribution in [1.29, 1.82) is 0 Å². The summed E-state index contributed by atoms with van der Waals surface area (Å²) in [4.78, 5) is 23.9. The molecule has 0 saturated heterocycles. The van der Waals surface area contributed by atoms with Crippen molar-refractivity contribution in [3.8, 4) is 0 Å². The van der Waals surface area contributed by atoms with E-state index in [4.69, 9.17) is 9.47 Å². The Bertz CT molecular complexity index is 608. The summed E-state index contributed by atoms with van der Waals surface area (Å²) in [6.45, 7) is 13.3. The van der Waals surface area contributed by atoms with Crippen LogP contribution in [0.15, 0.2) is 34.9 Å². The molecular formula is C22H34O4. The van der Waals surface area contributed by atoms with Gasteiger partial charge in [-0.25, -0.2) is 4.79 Å². The normalized spacial score (nSPS) is 24.7. The van der Waals surface area contributed by atoms with Crippen LogP contribution in [0.2, 0.25) is 0 Å². The average molecular weight is 363 g/mol. The molecule has 4 heteroatoms. The van der Waals surface area contributed by atoms with Crippen molar-refractivity contribution < 1.29 is 19.1 Å². The van der Waals surface area contributed by atoms with Crippen LogP contribution in [-0.4, -0.2) is 24.1 Å². The first-order chi connectivity index (χ1) is 12.1. The maximum Gasteiger partial charge on any atom is 0.333 e. The fourth-order valence-corrected chi connectivity index (χ4v) is 2.99. The number of hydrogen-bond donors (Lipinski definition) is 0. The van der Waals surface area contributed by atoms with Crippen LogP contribution in [0.4, 0.5) is 0 Å². The van der Waals surface area contributed by atoms with E-state index in [1.165, 1.54) is 12.5 Å². The number of rotatable bonds is 3. The predicted octanol–water partition coefficient (Wildman–Crippen LogP) is 5.29. The van der Waals surface area contributed by atoms with Gasteiger partial charge >= 0.3 is 11.9 Å². The van der Waals surface area contributed by atoms with E-state index < -0.39 is 0 Å². The van der Waals surface area contributed by atoms with Gasteiger partial charge in [0.25, 0.3) is 0 Å². The van der Waals surface area contributed by atoms with Gasteiger partial charge in [-0.1, -0.05) is 31.6 Å². The Morgan fingerprint density at radius 3 is 2.42 bits per heavy atom. The molecule has 2 unspecified atom stereocenters. The fraction of sp³-hybridized carbons (Fsp3) is 0.636. The summed E-state index contributed by atoms with van der Waals surface area (Å²) < 4.78 is 11.4. The van der Waals surface area contributed by atoms with Crippen molar-refractivity contribution in [1.82, 2.24) is 0 Å². The highest BCUT2D eigenvalue weighted by Gasteiger charge is 2.31. The summed E-state index contributed by atoms with van der Waals surface area (Å²) in [6.07, 6.45) is 8.75. The molecule has 0 fully saturated rings. The van der Waals surface area contributed by atoms with Crippen LogP contribution in [0.1, 0.15) is 74.1 Å². The maximum absolute atomic E-state index is 12.3. The van der Waals surface area contributed by atoms with E-state index in [0.29, 0.717) is 12.0 Å². The molecule has 1 aliphatic carbocycles. The van der Waals surface area contributed by atoms with Gasteiger partial charge in [0.2, 0.25) is 0 Å². The largest absolute Gasteiger partial charge is 0.458 e. The predicted molar refractivity (Wildman–Crippen MR) is 105 cm³/mol. The second-order valence-corrected chi connectivity index (χ2v) is 7.93. The number of hydrogen-bond acceptors (Lipinski definition) is 4. The molecular weight excluding hydrogens is 328 g/mol. The molecule has 1 rings (SSSR count). The Morgan fingerprint density at radius 2 is 1.85 bits per heavy atom. The third-order valence-corrected chi connectivity index (χ3v) is 5.06. The lowest BCUT2D eigenvalue weighted by Crippen LogP contribution is -2.33. The minimum Gasteiger partial charge on any atom is -0.458 e. The van der Waals surface area contributed by atoms with E-state index >= 15 is 0 Å². The van der Waals surface area contributed by atoms with E-state index in [2.05, 4.69) is 26.8 Å². The SMILES string of the molecule is CC=C(C)C(=O)OC1CC=C(C)CCCC(C)(C)C(OC(C)=O)C=C1C. The standard InChI is InChI=1S/C22H34O4/c1-8-16(3)21(24)26-19-12-11-15(2)10-9-13-22(6,7)20(14-17(19)4)25-18(5)23/h8,11,14,19-20H,9-10,12-13H2,1-7H3. The molecule has 146 valence electrons. The highest BCUT2D eigenvalue weighted by molar-refractivity contribution is 5.87. The lowest BCUT2D eigenvalue weighted by atomic mass is 9.80. The van der Waals surface area contributed by atoms with Crippen molar-refractivity contribution >= 4 is 11.9 Å². The molecule has 0 aromatic carbocycles. The Hall–Kier alpha value is -1.84. The van der Waals surface area contributed by atoms with Gasteiger partial charge in [0.15, 0.2) is 0 Å². The number of carbonyl (C=O) groups excluding carboxylic acids is 2. The van der Waals surface area contributed by atoms with Gasteiger partial charge in [0.05, 0.1) is 0 Å². The van der Waals surface area contributed by atoms with E-state index in [-0.39, 0.29) is 29.6 Å². The molecule has 0 saturated carbocycles. The number of carbonyl (C=O) groups is 2. The Kier molecular flexibility index (Phi) is 8.32. The smallest absolute Gasteiger partial charge is 0.333 e. The number of allylic oxidation sites excluding steroid dienone is 2. The van der Waals surface area contributed by atoms with Gasteiger partial charge in [-0.3, -0.25) is 4.79 Å². The van der Waals surface area contributed by atoms with Gasteiger partial charge in [-0.2, -0.15) is 0 Å². The first kappa shape index (κ1) is 22.2. The summed E-state index contributed by atoms with van der Waals surface area (Å²) in [7, 11) is 0. The second kappa shape index (κ2) is 9.75. The molecule has 0 radical (unpaired) electrons. The Morgan fingerprint density at radius 1 is 1.19 bits per heavy atom. The van der Waals surface area contributed by atoms with Crippen LogP contribution < -0.4 is 0 Å². The summed E-state index contributed by atoms with van der Waals surface area (Å²) in [5, 5.41) is 0. The third kappa shape index (κ3) is 6.81. The molecule has 0 aromatic rings. The van der Waals surface area contributed by atoms with Crippen molar-refractivity contribution in [3.05, 3.63) is 34.9 Å². The van der Waals surface area contributed by atoms with Crippen LogP contribution in [0.5, 0.6) is 0 Å². The second-order valence-electron chi connectivity index (χ2n) is 7.93. The summed E-state index contributed by atoms with van der Waals surface area (Å²) in [6, 6.07) is 0. The molecule has 0 aromatic heterocycles. The quantitative estimate of drug-likeness (QED) is 0.389. The maximum atomic E-state index is 12.3. The molecule has 0 N–H and O–H groups in total. The minimum atomic E-state index is -0.362. The van der Waals surface area contributed by atoms with Crippen LogP contribution in [0, 0.1) is 5.41 Å². The molecule has 26 heavy (non-hydrogen) atoms. The van der Waals surface area contributed by atoms with Crippen LogP contribution >= 0.6 is 0 Å². The fourth-order valence-electron chi connectivity index (χ4n) is 2.99. The first-order valence-corrected chi connectivity index (χ1v) is 9.42. The molecule has 0 spiro atoms. The first-order valence-electron chi connectivity index (χ1n) is 9.42. The summed E-state index contributed by atoms with van der Waals surface area (Å²) in [5.41, 5.74) is 2.60. The van der Waals surface area contributed by atoms with Gasteiger partial charge in [-0.05, 0) is 58.6 Å². The molecule has 4 nitrogen and oxygen atoms in total. The Balaban J connectivity index is 3.23. The molecule has 1 aliphatic rings. The van der Waals surface area contributed by atoms with Crippen LogP contribution in [0.25, 0.3) is 0 Å². The van der Waals surface area contributed by atoms with E-state index in [9.17, 15) is 9.59 Å². The zero-order valence-corrected chi connectivity index (χ0v) is 17.3. The monoisotopic (exact) mass is 362 g/mol. The number of ether oxygens (including phenoxy) is 2. The van der Waals surface area contributed by atoms with E-state index in [0.717, 1.165) is 24.8 Å². The van der Waals surface area contributed by atoms with Crippen molar-refractivity contribution in [2.75, 3.05) is 0 Å². The van der Waals surface area contributed by atoms with Crippen LogP contribution in [0.3, 0.4) is 0 Å². The third-order valence-electron chi connectivity index (χ3n) is 5.06. The molecule has 0 heterocycles. The lowest BCUT2D eigenvalue weighted by molar-refractivity contribution is -0.149. The van der Waals surface area contributed by atoms with Crippen molar-refractivity contribution in [2.45, 2.75) is 86.4 Å². The number of esters is 2. The highest BCUT2D eigenvalue weighted by Crippen LogP contribution is 2.33. The minimum absolute atomic E-state index is 0.189. The van der Waals surface area contributed by atoms with Gasteiger partial charge < -0.3 is 9.47 Å². The summed E-state index contributed by atoms with van der Waals surface area (Å²) >= 11 is 0. The average Bonchev–Trinajstić information content (AvgIpc) is 2.56. The molecule has 0 aliphatic heterocycles. The van der Waals surface area contributed by atoms with E-state index in [1.54, 1.807) is 13.0 Å². The van der Waals surface area contributed by atoms with Gasteiger partial charge in [0.1, 0.15) is 12.2 Å². The zero-order chi connectivity index (χ0) is 19.9. The van der Waals surface area contributed by atoms with Crippen molar-refractivity contribution in [2.24, 2.45) is 5.41 Å². The van der Waals surface area contributed by atoms with Gasteiger partial charge in [0, 0.05) is 24.3 Å². The zero-order valence-electron chi connectivity index (χ0n) is 17.3. The molecule has 2 atom stereocenters. The molecule has 0 bridgehead atoms. The highest BCUT2D eigenvalue weighted by atomic mass is 16.5. The van der Waals surface area contributed by atoms with E-state index in [1.807, 2.05) is 19.9 Å². The van der Waals surface area contributed by atoms with Crippen molar-refractivity contribution in [3.63, 3.8) is 0 Å². The summed E-state index contributed by atoms with van der Waals surface area (Å²) in [5.74, 6) is -0.607. The Labute approximate surface area is 158 Å². The van der Waals surface area contributed by atoms with Gasteiger partial charge in [-0.15, -0.1) is 0 Å². The van der Waals surface area contributed by atoms with Crippen LogP contribution in [-0.2, 0) is 19.1 Å². The molecule has 0 amide bonds. The topological polar surface area (TPSA) is 52.6 Å². The lowest BCUT2D eigenvalue weighted by Gasteiger charge is -2.32.